The number of rotatable bonds is 2. The van der Waals surface area contributed by atoms with Gasteiger partial charge in [-0.15, -0.1) is 0 Å². The molecule has 20 heavy (non-hydrogen) atoms. The maximum absolute atomic E-state index is 12.6. The molecule has 0 amide bonds. The van der Waals surface area contributed by atoms with Crippen LogP contribution < -0.4 is 10.5 Å². The molecular weight excluding hydrogens is 295 g/mol. The van der Waals surface area contributed by atoms with Crippen molar-refractivity contribution in [3.8, 4) is 11.6 Å². The molecule has 1 heterocycles. The fourth-order valence-corrected chi connectivity index (χ4v) is 1.58. The maximum Gasteiger partial charge on any atom is 0.451 e. The van der Waals surface area contributed by atoms with Crippen LogP contribution in [0.3, 0.4) is 0 Å². The average molecular weight is 304 g/mol. The number of hydrogen-bond acceptors (Lipinski definition) is 4. The van der Waals surface area contributed by atoms with Crippen LogP contribution in [0.4, 0.5) is 19.0 Å². The van der Waals surface area contributed by atoms with E-state index < -0.39 is 12.0 Å². The standard InChI is InChI=1S/C12H9ClF3N3O/c1-6-2-3-7(13)8(4-6)20-10-5-9(17)18-11(19-10)12(14,15)16/h2-5H,1H3,(H2,17,18,19). The first-order valence-electron chi connectivity index (χ1n) is 5.41. The van der Waals surface area contributed by atoms with Crippen molar-refractivity contribution in [2.24, 2.45) is 0 Å². The molecule has 2 aromatic rings. The molecule has 0 radical (unpaired) electrons. The van der Waals surface area contributed by atoms with Gasteiger partial charge in [-0.1, -0.05) is 17.7 Å². The zero-order valence-corrected chi connectivity index (χ0v) is 11.0. The van der Waals surface area contributed by atoms with Crippen molar-refractivity contribution < 1.29 is 17.9 Å². The van der Waals surface area contributed by atoms with Crippen molar-refractivity contribution in [1.82, 2.24) is 9.97 Å². The Kier molecular flexibility index (Phi) is 3.71. The van der Waals surface area contributed by atoms with Gasteiger partial charge in [-0.3, -0.25) is 0 Å². The quantitative estimate of drug-likeness (QED) is 0.916. The van der Waals surface area contributed by atoms with Crippen LogP contribution in [-0.2, 0) is 6.18 Å². The number of nitrogens with zero attached hydrogens (tertiary/aromatic N) is 2. The van der Waals surface area contributed by atoms with E-state index in [4.69, 9.17) is 22.1 Å². The lowest BCUT2D eigenvalue weighted by molar-refractivity contribution is -0.145. The topological polar surface area (TPSA) is 61.0 Å². The molecule has 1 aromatic carbocycles. The van der Waals surface area contributed by atoms with E-state index in [2.05, 4.69) is 9.97 Å². The summed E-state index contributed by atoms with van der Waals surface area (Å²) >= 11 is 5.89. The number of aromatic nitrogens is 2. The summed E-state index contributed by atoms with van der Waals surface area (Å²) in [5.74, 6) is -1.84. The summed E-state index contributed by atoms with van der Waals surface area (Å²) in [5, 5.41) is 0.251. The monoisotopic (exact) mass is 303 g/mol. The first-order chi connectivity index (χ1) is 9.25. The lowest BCUT2D eigenvalue weighted by Crippen LogP contribution is -2.12. The minimum absolute atomic E-state index is 0.192. The first-order valence-corrected chi connectivity index (χ1v) is 5.79. The highest BCUT2D eigenvalue weighted by Crippen LogP contribution is 2.32. The molecule has 0 saturated heterocycles. The number of anilines is 1. The van der Waals surface area contributed by atoms with Crippen molar-refractivity contribution >= 4 is 17.4 Å². The van der Waals surface area contributed by atoms with Crippen LogP contribution in [0.2, 0.25) is 5.02 Å². The molecule has 0 aliphatic carbocycles. The molecule has 8 heteroatoms. The summed E-state index contributed by atoms with van der Waals surface area (Å²) in [5.41, 5.74) is 6.15. The molecular formula is C12H9ClF3N3O. The van der Waals surface area contributed by atoms with Crippen molar-refractivity contribution in [2.45, 2.75) is 13.1 Å². The summed E-state index contributed by atoms with van der Waals surface area (Å²) < 4.78 is 42.9. The molecule has 0 fully saturated rings. The summed E-state index contributed by atoms with van der Waals surface area (Å²) in [6.45, 7) is 1.79. The molecule has 0 saturated carbocycles. The SMILES string of the molecule is Cc1ccc(Cl)c(Oc2cc(N)nc(C(F)(F)F)n2)c1. The van der Waals surface area contributed by atoms with E-state index in [1.165, 1.54) is 0 Å². The third-order valence-electron chi connectivity index (χ3n) is 2.28. The van der Waals surface area contributed by atoms with Crippen molar-refractivity contribution in [3.05, 3.63) is 40.7 Å². The second-order valence-electron chi connectivity index (χ2n) is 3.99. The van der Waals surface area contributed by atoms with Crippen LogP contribution in [0.1, 0.15) is 11.4 Å². The van der Waals surface area contributed by atoms with Gasteiger partial charge in [0, 0.05) is 6.07 Å². The van der Waals surface area contributed by atoms with Crippen LogP contribution in [0.25, 0.3) is 0 Å². The molecule has 2 rings (SSSR count). The van der Waals surface area contributed by atoms with Crippen molar-refractivity contribution in [3.63, 3.8) is 0 Å². The van der Waals surface area contributed by atoms with E-state index in [1.54, 1.807) is 25.1 Å². The average Bonchev–Trinajstić information content (AvgIpc) is 2.32. The number of hydrogen-bond donors (Lipinski definition) is 1. The van der Waals surface area contributed by atoms with Gasteiger partial charge in [-0.25, -0.2) is 4.98 Å². The second kappa shape index (κ2) is 5.16. The Morgan fingerprint density at radius 3 is 2.55 bits per heavy atom. The summed E-state index contributed by atoms with van der Waals surface area (Å²) in [6, 6.07) is 5.98. The Morgan fingerprint density at radius 2 is 1.90 bits per heavy atom. The summed E-state index contributed by atoms with van der Waals surface area (Å²) in [7, 11) is 0. The Bertz CT molecular complexity index is 646. The summed E-state index contributed by atoms with van der Waals surface area (Å²) in [4.78, 5) is 6.39. The number of aryl methyl sites for hydroxylation is 1. The minimum atomic E-state index is -4.70. The fourth-order valence-electron chi connectivity index (χ4n) is 1.42. The molecule has 1 aromatic heterocycles. The Morgan fingerprint density at radius 1 is 1.20 bits per heavy atom. The zero-order valence-electron chi connectivity index (χ0n) is 10.2. The zero-order chi connectivity index (χ0) is 14.9. The molecule has 0 atom stereocenters. The van der Waals surface area contributed by atoms with E-state index in [0.717, 1.165) is 11.6 Å². The highest BCUT2D eigenvalue weighted by molar-refractivity contribution is 6.32. The third kappa shape index (κ3) is 3.30. The fraction of sp³-hybridized carbons (Fsp3) is 0.167. The van der Waals surface area contributed by atoms with Gasteiger partial charge in [-0.2, -0.15) is 18.2 Å². The predicted octanol–water partition coefficient (Wildman–Crippen LogP) is 3.83. The van der Waals surface area contributed by atoms with Gasteiger partial charge >= 0.3 is 6.18 Å². The molecule has 4 nitrogen and oxygen atoms in total. The van der Waals surface area contributed by atoms with Crippen molar-refractivity contribution in [1.29, 1.82) is 0 Å². The van der Waals surface area contributed by atoms with Gasteiger partial charge in [0.15, 0.2) is 0 Å². The molecule has 0 bridgehead atoms. The van der Waals surface area contributed by atoms with Gasteiger partial charge in [0.05, 0.1) is 5.02 Å². The molecule has 0 unspecified atom stereocenters. The number of halogens is 4. The van der Waals surface area contributed by atoms with E-state index in [0.29, 0.717) is 0 Å². The molecule has 2 N–H and O–H groups in total. The van der Waals surface area contributed by atoms with Crippen molar-refractivity contribution in [2.75, 3.05) is 5.73 Å². The van der Waals surface area contributed by atoms with Crippen LogP contribution in [0, 0.1) is 6.92 Å². The van der Waals surface area contributed by atoms with E-state index in [9.17, 15) is 13.2 Å². The largest absolute Gasteiger partial charge is 0.451 e. The smallest absolute Gasteiger partial charge is 0.437 e. The predicted molar refractivity (Wildman–Crippen MR) is 67.7 cm³/mol. The van der Waals surface area contributed by atoms with Gasteiger partial charge in [0.25, 0.3) is 0 Å². The van der Waals surface area contributed by atoms with Crippen LogP contribution in [0.15, 0.2) is 24.3 Å². The van der Waals surface area contributed by atoms with Crippen LogP contribution >= 0.6 is 11.6 Å². The Balaban J connectivity index is 2.39. The van der Waals surface area contributed by atoms with Gasteiger partial charge in [-0.05, 0) is 24.6 Å². The highest BCUT2D eigenvalue weighted by Gasteiger charge is 2.35. The van der Waals surface area contributed by atoms with Crippen LogP contribution in [0.5, 0.6) is 11.6 Å². The first kappa shape index (κ1) is 14.4. The molecule has 106 valence electrons. The number of ether oxygens (including phenoxy) is 1. The molecule has 0 aliphatic rings. The lowest BCUT2D eigenvalue weighted by Gasteiger charge is -2.10. The second-order valence-corrected chi connectivity index (χ2v) is 4.40. The summed E-state index contributed by atoms with van der Waals surface area (Å²) in [6.07, 6.45) is -4.70. The number of benzene rings is 1. The normalized spacial score (nSPS) is 11.4. The van der Waals surface area contributed by atoms with E-state index in [-0.39, 0.29) is 22.5 Å². The Labute approximate surface area is 117 Å². The number of alkyl halides is 3. The number of nitrogens with two attached hydrogens (primary N) is 1. The van der Waals surface area contributed by atoms with Gasteiger partial charge < -0.3 is 10.5 Å². The third-order valence-corrected chi connectivity index (χ3v) is 2.59. The molecule has 0 spiro atoms. The van der Waals surface area contributed by atoms with E-state index in [1.807, 2.05) is 0 Å². The van der Waals surface area contributed by atoms with E-state index >= 15 is 0 Å². The van der Waals surface area contributed by atoms with Gasteiger partial charge in [0.1, 0.15) is 11.6 Å². The number of nitrogen functional groups attached to an aromatic ring is 1. The molecule has 0 aliphatic heterocycles. The Hall–Kier alpha value is -2.02. The maximum atomic E-state index is 12.6. The van der Waals surface area contributed by atoms with Gasteiger partial charge in [0.2, 0.25) is 11.7 Å². The van der Waals surface area contributed by atoms with Crippen LogP contribution in [-0.4, -0.2) is 9.97 Å². The minimum Gasteiger partial charge on any atom is -0.437 e. The highest BCUT2D eigenvalue weighted by atomic mass is 35.5. The lowest BCUT2D eigenvalue weighted by atomic mass is 10.2.